The van der Waals surface area contributed by atoms with Crippen LogP contribution >= 0.6 is 0 Å². The lowest BCUT2D eigenvalue weighted by Gasteiger charge is -2.25. The Morgan fingerprint density at radius 3 is 2.44 bits per heavy atom. The van der Waals surface area contributed by atoms with E-state index in [0.29, 0.717) is 13.2 Å². The van der Waals surface area contributed by atoms with Crippen molar-refractivity contribution in [1.29, 1.82) is 0 Å². The van der Waals surface area contributed by atoms with Gasteiger partial charge in [-0.25, -0.2) is 0 Å². The van der Waals surface area contributed by atoms with Gasteiger partial charge in [-0.15, -0.1) is 0 Å². The highest BCUT2D eigenvalue weighted by molar-refractivity contribution is 5.73. The molecule has 94 valence electrons. The lowest BCUT2D eigenvalue weighted by molar-refractivity contribution is -0.180. The summed E-state index contributed by atoms with van der Waals surface area (Å²) < 4.78 is 10.1. The summed E-state index contributed by atoms with van der Waals surface area (Å²) in [7, 11) is 0. The molecule has 0 aromatic heterocycles. The first-order valence-electron chi connectivity index (χ1n) is 6.17. The Morgan fingerprint density at radius 1 is 1.31 bits per heavy atom. The monoisotopic (exact) mass is 230 g/mol. The van der Waals surface area contributed by atoms with Gasteiger partial charge in [-0.2, -0.15) is 0 Å². The van der Waals surface area contributed by atoms with Crippen molar-refractivity contribution in [2.24, 2.45) is 11.8 Å². The molecule has 1 fully saturated rings. The Kier molecular flexibility index (Phi) is 5.77. The van der Waals surface area contributed by atoms with Crippen molar-refractivity contribution in [1.82, 2.24) is 0 Å². The summed E-state index contributed by atoms with van der Waals surface area (Å²) in [6.45, 7) is 4.33. The van der Waals surface area contributed by atoms with E-state index in [1.165, 1.54) is 0 Å². The van der Waals surface area contributed by atoms with Crippen LogP contribution in [0.5, 0.6) is 0 Å². The normalized spacial score (nSPS) is 20.7. The second-order valence-electron chi connectivity index (χ2n) is 4.17. The van der Waals surface area contributed by atoms with Gasteiger partial charge in [0.2, 0.25) is 0 Å². The Bertz CT molecular complexity index is 211. The molecule has 16 heavy (non-hydrogen) atoms. The van der Waals surface area contributed by atoms with Gasteiger partial charge >= 0.3 is 5.97 Å². The van der Waals surface area contributed by atoms with Gasteiger partial charge in [0.05, 0.1) is 6.61 Å². The quantitative estimate of drug-likeness (QED) is 0.557. The molecule has 0 aromatic rings. The van der Waals surface area contributed by atoms with Crippen molar-refractivity contribution in [3.63, 3.8) is 0 Å². The van der Waals surface area contributed by atoms with E-state index in [1.54, 1.807) is 13.8 Å². The van der Waals surface area contributed by atoms with Crippen LogP contribution in [0.4, 0.5) is 0 Å². The molecule has 1 N–H and O–H groups in total. The van der Waals surface area contributed by atoms with Crippen LogP contribution in [0.1, 0.15) is 39.5 Å². The molecule has 0 saturated heterocycles. The third-order valence-electron chi connectivity index (χ3n) is 3.11. The molecule has 0 radical (unpaired) electrons. The lowest BCUT2D eigenvalue weighted by atomic mass is 9.90. The zero-order valence-corrected chi connectivity index (χ0v) is 10.1. The first kappa shape index (κ1) is 13.5. The zero-order chi connectivity index (χ0) is 12.0. The summed E-state index contributed by atoms with van der Waals surface area (Å²) in [6.07, 6.45) is 3.19. The molecular formula is C12H22O4. The molecule has 2 unspecified atom stereocenters. The summed E-state index contributed by atoms with van der Waals surface area (Å²) in [6, 6.07) is 0. The Balaban J connectivity index is 2.63. The van der Waals surface area contributed by atoms with E-state index in [9.17, 15) is 9.90 Å². The average Bonchev–Trinajstić information content (AvgIpc) is 2.72. The molecule has 0 aromatic carbocycles. The van der Waals surface area contributed by atoms with Crippen LogP contribution in [-0.2, 0) is 14.3 Å². The van der Waals surface area contributed by atoms with Crippen molar-refractivity contribution in [3.8, 4) is 0 Å². The second-order valence-corrected chi connectivity index (χ2v) is 4.17. The molecule has 2 atom stereocenters. The molecule has 1 aliphatic rings. The Hall–Kier alpha value is -0.610. The predicted molar refractivity (Wildman–Crippen MR) is 59.7 cm³/mol. The van der Waals surface area contributed by atoms with Crippen LogP contribution in [0, 0.1) is 11.8 Å². The molecule has 1 saturated carbocycles. The molecule has 0 aliphatic heterocycles. The molecule has 1 aliphatic carbocycles. The van der Waals surface area contributed by atoms with Gasteiger partial charge in [-0.05, 0) is 32.6 Å². The third kappa shape index (κ3) is 3.46. The summed E-state index contributed by atoms with van der Waals surface area (Å²) in [5, 5.41) is 9.84. The molecule has 4 heteroatoms. The number of ether oxygens (including phenoxy) is 2. The number of aliphatic hydroxyl groups is 1. The fourth-order valence-electron chi connectivity index (χ4n) is 2.37. The van der Waals surface area contributed by atoms with E-state index in [2.05, 4.69) is 0 Å². The van der Waals surface area contributed by atoms with E-state index >= 15 is 0 Å². The van der Waals surface area contributed by atoms with Gasteiger partial charge in [0.1, 0.15) is 5.92 Å². The van der Waals surface area contributed by atoms with E-state index in [4.69, 9.17) is 9.47 Å². The zero-order valence-electron chi connectivity index (χ0n) is 10.1. The summed E-state index contributed by atoms with van der Waals surface area (Å²) >= 11 is 0. The SMILES string of the molecule is CCOC(=O)C(C1CCCC1)C(O)OCC. The average molecular weight is 230 g/mol. The number of hydrogen-bond acceptors (Lipinski definition) is 4. The van der Waals surface area contributed by atoms with E-state index in [0.717, 1.165) is 25.7 Å². The van der Waals surface area contributed by atoms with Crippen LogP contribution in [0.2, 0.25) is 0 Å². The van der Waals surface area contributed by atoms with E-state index in [1.807, 2.05) is 0 Å². The topological polar surface area (TPSA) is 55.8 Å². The van der Waals surface area contributed by atoms with Crippen LogP contribution in [0.15, 0.2) is 0 Å². The highest BCUT2D eigenvalue weighted by Gasteiger charge is 2.37. The van der Waals surface area contributed by atoms with Crippen LogP contribution in [0.3, 0.4) is 0 Å². The Morgan fingerprint density at radius 2 is 1.94 bits per heavy atom. The summed E-state index contributed by atoms with van der Waals surface area (Å²) in [5.74, 6) is -0.627. The van der Waals surface area contributed by atoms with E-state index < -0.39 is 12.2 Å². The van der Waals surface area contributed by atoms with Gasteiger partial charge in [-0.1, -0.05) is 12.8 Å². The molecule has 0 heterocycles. The van der Waals surface area contributed by atoms with Gasteiger partial charge in [-0.3, -0.25) is 4.79 Å². The number of carbonyl (C=O) groups excluding carboxylic acids is 1. The predicted octanol–water partition coefficient (Wildman–Crippen LogP) is 1.71. The third-order valence-corrected chi connectivity index (χ3v) is 3.11. The van der Waals surface area contributed by atoms with Crippen LogP contribution < -0.4 is 0 Å². The summed E-state index contributed by atoms with van der Waals surface area (Å²) in [4.78, 5) is 11.8. The maximum absolute atomic E-state index is 11.8. The van der Waals surface area contributed by atoms with E-state index in [-0.39, 0.29) is 11.9 Å². The number of aliphatic hydroxyl groups excluding tert-OH is 1. The minimum Gasteiger partial charge on any atom is -0.466 e. The highest BCUT2D eigenvalue weighted by atomic mass is 16.6. The van der Waals surface area contributed by atoms with Gasteiger partial charge in [0.25, 0.3) is 0 Å². The Labute approximate surface area is 96.9 Å². The van der Waals surface area contributed by atoms with Crippen LogP contribution in [0.25, 0.3) is 0 Å². The minimum atomic E-state index is -1.02. The first-order chi connectivity index (χ1) is 7.70. The minimum absolute atomic E-state index is 0.209. The van der Waals surface area contributed by atoms with Crippen molar-refractivity contribution in [3.05, 3.63) is 0 Å². The molecule has 4 nitrogen and oxygen atoms in total. The standard InChI is InChI=1S/C12H22O4/c1-3-15-11(13)10(12(14)16-4-2)9-7-5-6-8-9/h9-11,13H,3-8H2,1-2H3. The first-order valence-corrected chi connectivity index (χ1v) is 6.17. The molecule has 0 bridgehead atoms. The number of rotatable bonds is 6. The van der Waals surface area contributed by atoms with Crippen molar-refractivity contribution >= 4 is 5.97 Å². The maximum Gasteiger partial charge on any atom is 0.314 e. The van der Waals surface area contributed by atoms with Gasteiger partial charge < -0.3 is 14.6 Å². The van der Waals surface area contributed by atoms with Gasteiger partial charge in [0, 0.05) is 6.61 Å². The lowest BCUT2D eigenvalue weighted by Crippen LogP contribution is -2.37. The molecular weight excluding hydrogens is 208 g/mol. The fourth-order valence-corrected chi connectivity index (χ4v) is 2.37. The van der Waals surface area contributed by atoms with Gasteiger partial charge in [0.15, 0.2) is 6.29 Å². The maximum atomic E-state index is 11.8. The van der Waals surface area contributed by atoms with Crippen molar-refractivity contribution < 1.29 is 19.4 Å². The number of esters is 1. The van der Waals surface area contributed by atoms with Crippen LogP contribution in [-0.4, -0.2) is 30.6 Å². The second kappa shape index (κ2) is 6.86. The van der Waals surface area contributed by atoms with Crippen molar-refractivity contribution in [2.45, 2.75) is 45.8 Å². The smallest absolute Gasteiger partial charge is 0.314 e. The fraction of sp³-hybridized carbons (Fsp3) is 0.917. The largest absolute Gasteiger partial charge is 0.466 e. The highest BCUT2D eigenvalue weighted by Crippen LogP contribution is 2.34. The molecule has 0 spiro atoms. The van der Waals surface area contributed by atoms with Crippen molar-refractivity contribution in [2.75, 3.05) is 13.2 Å². The number of hydrogen-bond donors (Lipinski definition) is 1. The number of carbonyl (C=O) groups is 1. The summed E-state index contributed by atoms with van der Waals surface area (Å²) in [5.41, 5.74) is 0. The molecule has 0 amide bonds. The molecule has 1 rings (SSSR count).